The fourth-order valence-corrected chi connectivity index (χ4v) is 2.30. The molecule has 0 spiro atoms. The molecule has 0 aliphatic carbocycles. The summed E-state index contributed by atoms with van der Waals surface area (Å²) >= 11 is 1.04. The van der Waals surface area contributed by atoms with Crippen molar-refractivity contribution >= 4 is 22.4 Å². The molecule has 0 aliphatic rings. The zero-order chi connectivity index (χ0) is 17.1. The third-order valence-electron chi connectivity index (χ3n) is 3.01. The van der Waals surface area contributed by atoms with Crippen LogP contribution in [0, 0.1) is 5.92 Å². The van der Waals surface area contributed by atoms with Gasteiger partial charge in [-0.05, 0) is 12.8 Å². The molecule has 10 heteroatoms. The summed E-state index contributed by atoms with van der Waals surface area (Å²) in [7, 11) is 0. The highest BCUT2D eigenvalue weighted by Gasteiger charge is 2.23. The van der Waals surface area contributed by atoms with Crippen molar-refractivity contribution in [2.45, 2.75) is 26.9 Å². The summed E-state index contributed by atoms with van der Waals surface area (Å²) in [6.07, 6.45) is 0.203. The first-order chi connectivity index (χ1) is 10.8. The maximum atomic E-state index is 11.6. The molecule has 0 amide bonds. The molecule has 0 saturated carbocycles. The minimum Gasteiger partial charge on any atom is -0.503 e. The molecule has 9 nitrogen and oxygen atoms in total. The summed E-state index contributed by atoms with van der Waals surface area (Å²) < 4.78 is 4.66. The Bertz CT molecular complexity index is 783. The van der Waals surface area contributed by atoms with Crippen LogP contribution in [0.25, 0.3) is 0 Å². The molecule has 4 N–H and O–H groups in total. The summed E-state index contributed by atoms with van der Waals surface area (Å²) in [5, 5.41) is 23.5. The predicted molar refractivity (Wildman–Crippen MR) is 84.7 cm³/mol. The van der Waals surface area contributed by atoms with Crippen molar-refractivity contribution in [3.05, 3.63) is 34.0 Å². The Kier molecular flexibility index (Phi) is 4.84. The molecule has 0 fully saturated rings. The molecule has 0 saturated heterocycles. The quantitative estimate of drug-likeness (QED) is 0.425. The smallest absolute Gasteiger partial charge is 0.223 e. The molecule has 2 aromatic heterocycles. The van der Waals surface area contributed by atoms with Gasteiger partial charge in [-0.15, -0.1) is 0 Å². The molecular formula is C13H17N5O4S. The normalized spacial score (nSPS) is 13.3. The van der Waals surface area contributed by atoms with Crippen LogP contribution in [0.15, 0.2) is 22.2 Å². The van der Waals surface area contributed by atoms with Gasteiger partial charge in [0.2, 0.25) is 5.43 Å². The molecule has 2 aromatic rings. The molecular weight excluding hydrogens is 322 g/mol. The topological polar surface area (TPSA) is 136 Å². The lowest BCUT2D eigenvalue weighted by atomic mass is 10.0. The zero-order valence-corrected chi connectivity index (χ0v) is 13.6. The van der Waals surface area contributed by atoms with Gasteiger partial charge in [-0.3, -0.25) is 4.79 Å². The highest BCUT2D eigenvalue weighted by molar-refractivity contribution is 7.09. The third kappa shape index (κ3) is 3.77. The average Bonchev–Trinajstić information content (AvgIpc) is 2.90. The number of hydrogen-bond donors (Lipinski definition) is 3. The van der Waals surface area contributed by atoms with Gasteiger partial charge in [-0.25, -0.2) is 0 Å². The summed E-state index contributed by atoms with van der Waals surface area (Å²) in [6.45, 7) is 5.33. The minimum atomic E-state index is -0.709. The molecule has 0 aliphatic heterocycles. The van der Waals surface area contributed by atoms with E-state index in [-0.39, 0.29) is 11.6 Å². The van der Waals surface area contributed by atoms with Crippen molar-refractivity contribution in [1.82, 2.24) is 14.1 Å². The molecule has 0 bridgehead atoms. The molecule has 2 heterocycles. The van der Waals surface area contributed by atoms with Crippen molar-refractivity contribution < 1.29 is 15.2 Å². The first-order valence-corrected chi connectivity index (χ1v) is 7.51. The fraction of sp³-hybridized carbons (Fsp3) is 0.385. The number of aromatic hydroxyl groups is 1. The highest BCUT2D eigenvalue weighted by Crippen LogP contribution is 2.26. The monoisotopic (exact) mass is 339 g/mol. The molecule has 1 unspecified atom stereocenters. The number of anilines is 1. The number of nitrogens with zero attached hydrogens (tertiary/aromatic N) is 4. The van der Waals surface area contributed by atoms with E-state index in [1.807, 2.05) is 13.8 Å². The van der Waals surface area contributed by atoms with Crippen LogP contribution < -0.4 is 11.2 Å². The van der Waals surface area contributed by atoms with E-state index in [4.69, 9.17) is 10.6 Å². The van der Waals surface area contributed by atoms with E-state index in [0.29, 0.717) is 21.4 Å². The number of nitrogen functional groups attached to an aromatic ring is 1. The minimum absolute atomic E-state index is 0.109. The van der Waals surface area contributed by atoms with E-state index in [1.165, 1.54) is 0 Å². The van der Waals surface area contributed by atoms with Crippen LogP contribution >= 0.6 is 11.5 Å². The maximum absolute atomic E-state index is 11.6. The number of aromatic nitrogens is 3. The highest BCUT2D eigenvalue weighted by atomic mass is 32.1. The number of oxime groups is 1. The van der Waals surface area contributed by atoms with Crippen LogP contribution in [0.2, 0.25) is 0 Å². The van der Waals surface area contributed by atoms with Gasteiger partial charge in [0.15, 0.2) is 22.8 Å². The van der Waals surface area contributed by atoms with Crippen LogP contribution in [-0.2, 0) is 4.84 Å². The number of pyridine rings is 1. The van der Waals surface area contributed by atoms with Crippen LogP contribution in [0.4, 0.5) is 5.13 Å². The Hall–Kier alpha value is -2.62. The van der Waals surface area contributed by atoms with Gasteiger partial charge in [-0.2, -0.15) is 14.1 Å². The average molecular weight is 339 g/mol. The van der Waals surface area contributed by atoms with Gasteiger partial charge in [0.05, 0.1) is 6.20 Å². The van der Waals surface area contributed by atoms with Crippen molar-refractivity contribution in [1.29, 1.82) is 0 Å². The summed E-state index contributed by atoms with van der Waals surface area (Å²) in [5.74, 6) is -0.315. The Labute approximate surface area is 135 Å². The van der Waals surface area contributed by atoms with Gasteiger partial charge in [-0.1, -0.05) is 19.0 Å². The molecule has 0 aromatic carbocycles. The largest absolute Gasteiger partial charge is 0.503 e. The Morgan fingerprint density at radius 2 is 2.22 bits per heavy atom. The Morgan fingerprint density at radius 3 is 2.78 bits per heavy atom. The van der Waals surface area contributed by atoms with E-state index in [1.54, 1.807) is 6.92 Å². The van der Waals surface area contributed by atoms with Crippen LogP contribution in [0.5, 0.6) is 5.75 Å². The van der Waals surface area contributed by atoms with E-state index in [0.717, 1.165) is 23.8 Å². The Morgan fingerprint density at radius 1 is 1.52 bits per heavy atom. The Balaban J connectivity index is 2.30. The lowest BCUT2D eigenvalue weighted by Gasteiger charge is -2.20. The second-order valence-corrected chi connectivity index (χ2v) is 5.98. The summed E-state index contributed by atoms with van der Waals surface area (Å²) in [6, 6.07) is 1.10. The number of hydrogen-bond acceptors (Lipinski definition) is 9. The second kappa shape index (κ2) is 6.65. The van der Waals surface area contributed by atoms with Crippen molar-refractivity contribution in [3.63, 3.8) is 0 Å². The molecule has 2 rings (SSSR count). The van der Waals surface area contributed by atoms with Crippen molar-refractivity contribution in [2.24, 2.45) is 11.1 Å². The molecule has 23 heavy (non-hydrogen) atoms. The lowest BCUT2D eigenvalue weighted by Crippen LogP contribution is -2.19. The number of nitrogens with two attached hydrogens (primary N) is 1. The van der Waals surface area contributed by atoms with E-state index < -0.39 is 17.3 Å². The van der Waals surface area contributed by atoms with Crippen molar-refractivity contribution in [3.8, 4) is 5.75 Å². The fourth-order valence-electron chi connectivity index (χ4n) is 1.82. The second-order valence-electron chi connectivity index (χ2n) is 5.20. The van der Waals surface area contributed by atoms with Crippen LogP contribution in [-0.4, -0.2) is 30.1 Å². The van der Waals surface area contributed by atoms with E-state index in [9.17, 15) is 15.1 Å². The van der Waals surface area contributed by atoms with Gasteiger partial charge in [0, 0.05) is 17.6 Å². The van der Waals surface area contributed by atoms with Gasteiger partial charge in [0.1, 0.15) is 11.4 Å². The lowest BCUT2D eigenvalue weighted by molar-refractivity contribution is 0.00549. The predicted octanol–water partition coefficient (Wildman–Crippen LogP) is 1.36. The maximum Gasteiger partial charge on any atom is 0.223 e. The van der Waals surface area contributed by atoms with E-state index >= 15 is 0 Å². The van der Waals surface area contributed by atoms with Gasteiger partial charge < -0.3 is 20.9 Å². The first-order valence-electron chi connectivity index (χ1n) is 6.74. The molecule has 0 radical (unpaired) electrons. The summed E-state index contributed by atoms with van der Waals surface area (Å²) in [5.41, 5.74) is 5.48. The van der Waals surface area contributed by atoms with Crippen molar-refractivity contribution in [2.75, 3.05) is 5.73 Å². The van der Waals surface area contributed by atoms with Gasteiger partial charge >= 0.3 is 0 Å². The van der Waals surface area contributed by atoms with E-state index in [2.05, 4.69) is 14.5 Å². The SMILES string of the molecule is C/C(=N\OC(c1cc(=O)c(O)cn1O)C(C)C)c1nsc(N)n1. The molecule has 1 atom stereocenters. The zero-order valence-electron chi connectivity index (χ0n) is 12.8. The number of rotatable bonds is 5. The van der Waals surface area contributed by atoms with Crippen LogP contribution in [0.3, 0.4) is 0 Å². The first kappa shape index (κ1) is 16.7. The van der Waals surface area contributed by atoms with Crippen LogP contribution in [0.1, 0.15) is 38.4 Å². The summed E-state index contributed by atoms with van der Waals surface area (Å²) in [4.78, 5) is 21.0. The standard InChI is InChI=1S/C13H17N5O4S/c1-6(2)11(8-4-9(19)10(20)5-18(8)21)22-16-7(3)12-15-13(14)23-17-12/h4-6,11,20-21H,1-3H3,(H2,14,15,17)/b16-7+. The third-order valence-corrected chi connectivity index (χ3v) is 3.55. The van der Waals surface area contributed by atoms with Gasteiger partial charge in [0.25, 0.3) is 0 Å². The molecule has 124 valence electrons.